The van der Waals surface area contributed by atoms with E-state index in [0.717, 1.165) is 22.4 Å². The van der Waals surface area contributed by atoms with Crippen LogP contribution in [0.5, 0.6) is 5.75 Å². The van der Waals surface area contributed by atoms with E-state index in [1.54, 1.807) is 7.11 Å². The van der Waals surface area contributed by atoms with Crippen LogP contribution in [0, 0.1) is 13.8 Å². The first-order valence-corrected chi connectivity index (χ1v) is 6.01. The van der Waals surface area contributed by atoms with Crippen molar-refractivity contribution in [2.24, 2.45) is 0 Å². The zero-order chi connectivity index (χ0) is 13.1. The molecule has 0 saturated carbocycles. The standard InChI is InChI=1S/C16H18O2/c1-11-4-7-13(8-5-11)16(17)14-9-6-12(2)15(10-14)18-3/h4-10,16-17H,1-3H3. The lowest BCUT2D eigenvalue weighted by Crippen LogP contribution is -2.00. The Morgan fingerprint density at radius 3 is 2.17 bits per heavy atom. The molecule has 0 spiro atoms. The highest BCUT2D eigenvalue weighted by molar-refractivity contribution is 5.40. The number of benzene rings is 2. The summed E-state index contributed by atoms with van der Waals surface area (Å²) in [5.41, 5.74) is 4.00. The molecule has 0 bridgehead atoms. The number of hydrogen-bond donors (Lipinski definition) is 1. The van der Waals surface area contributed by atoms with E-state index < -0.39 is 6.10 Å². The van der Waals surface area contributed by atoms with Crippen LogP contribution in [0.1, 0.15) is 28.4 Å². The molecule has 2 nitrogen and oxygen atoms in total. The Morgan fingerprint density at radius 1 is 0.944 bits per heavy atom. The lowest BCUT2D eigenvalue weighted by Gasteiger charge is -2.14. The molecule has 0 radical (unpaired) electrons. The van der Waals surface area contributed by atoms with E-state index in [0.29, 0.717) is 0 Å². The summed E-state index contributed by atoms with van der Waals surface area (Å²) >= 11 is 0. The summed E-state index contributed by atoms with van der Waals surface area (Å²) in [6.07, 6.45) is -0.611. The summed E-state index contributed by atoms with van der Waals surface area (Å²) in [6.45, 7) is 4.02. The lowest BCUT2D eigenvalue weighted by atomic mass is 9.99. The van der Waals surface area contributed by atoms with E-state index in [2.05, 4.69) is 0 Å². The van der Waals surface area contributed by atoms with Gasteiger partial charge in [0.15, 0.2) is 0 Å². The van der Waals surface area contributed by atoms with Gasteiger partial charge in [0.2, 0.25) is 0 Å². The van der Waals surface area contributed by atoms with Gasteiger partial charge in [-0.05, 0) is 36.6 Å². The molecule has 0 saturated heterocycles. The molecule has 2 aromatic carbocycles. The number of rotatable bonds is 3. The molecule has 18 heavy (non-hydrogen) atoms. The molecule has 0 aliphatic carbocycles. The summed E-state index contributed by atoms with van der Waals surface area (Å²) in [5, 5.41) is 10.3. The first-order chi connectivity index (χ1) is 8.61. The van der Waals surface area contributed by atoms with Crippen molar-refractivity contribution in [2.75, 3.05) is 7.11 Å². The maximum Gasteiger partial charge on any atom is 0.122 e. The fourth-order valence-corrected chi connectivity index (χ4v) is 1.95. The SMILES string of the molecule is COc1cc(C(O)c2ccc(C)cc2)ccc1C. The Hall–Kier alpha value is -1.80. The molecular weight excluding hydrogens is 224 g/mol. The molecule has 0 aliphatic rings. The van der Waals surface area contributed by atoms with Crippen LogP contribution in [0.3, 0.4) is 0 Å². The minimum atomic E-state index is -0.611. The van der Waals surface area contributed by atoms with Crippen LogP contribution in [0.4, 0.5) is 0 Å². The fraction of sp³-hybridized carbons (Fsp3) is 0.250. The molecule has 94 valence electrons. The molecule has 0 aliphatic heterocycles. The van der Waals surface area contributed by atoms with E-state index in [9.17, 15) is 5.11 Å². The predicted molar refractivity (Wildman–Crippen MR) is 73.0 cm³/mol. The van der Waals surface area contributed by atoms with Crippen molar-refractivity contribution < 1.29 is 9.84 Å². The number of aliphatic hydroxyl groups is 1. The van der Waals surface area contributed by atoms with E-state index in [1.165, 1.54) is 5.56 Å². The van der Waals surface area contributed by atoms with E-state index in [1.807, 2.05) is 56.3 Å². The fourth-order valence-electron chi connectivity index (χ4n) is 1.95. The van der Waals surface area contributed by atoms with Gasteiger partial charge in [0.05, 0.1) is 7.11 Å². The van der Waals surface area contributed by atoms with Gasteiger partial charge in [-0.15, -0.1) is 0 Å². The Bertz CT molecular complexity index is 529. The number of methoxy groups -OCH3 is 1. The van der Waals surface area contributed by atoms with E-state index in [-0.39, 0.29) is 0 Å². The number of aryl methyl sites for hydroxylation is 2. The van der Waals surface area contributed by atoms with Crippen molar-refractivity contribution in [2.45, 2.75) is 20.0 Å². The second-order valence-corrected chi connectivity index (χ2v) is 4.54. The third-order valence-electron chi connectivity index (χ3n) is 3.14. The molecule has 0 aromatic heterocycles. The van der Waals surface area contributed by atoms with Crippen molar-refractivity contribution in [3.8, 4) is 5.75 Å². The number of ether oxygens (including phenoxy) is 1. The molecule has 1 N–H and O–H groups in total. The van der Waals surface area contributed by atoms with E-state index >= 15 is 0 Å². The third kappa shape index (κ3) is 2.54. The van der Waals surface area contributed by atoms with Crippen LogP contribution in [-0.4, -0.2) is 12.2 Å². The largest absolute Gasteiger partial charge is 0.496 e. The van der Waals surface area contributed by atoms with Gasteiger partial charge in [-0.1, -0.05) is 42.0 Å². The second-order valence-electron chi connectivity index (χ2n) is 4.54. The average Bonchev–Trinajstić information content (AvgIpc) is 2.39. The highest BCUT2D eigenvalue weighted by Crippen LogP contribution is 2.27. The van der Waals surface area contributed by atoms with Gasteiger partial charge in [-0.25, -0.2) is 0 Å². The third-order valence-corrected chi connectivity index (χ3v) is 3.14. The Kier molecular flexibility index (Phi) is 3.68. The minimum absolute atomic E-state index is 0.611. The molecular formula is C16H18O2. The Labute approximate surface area is 108 Å². The quantitative estimate of drug-likeness (QED) is 0.894. The van der Waals surface area contributed by atoms with Gasteiger partial charge in [-0.3, -0.25) is 0 Å². The maximum atomic E-state index is 10.3. The maximum absolute atomic E-state index is 10.3. The zero-order valence-corrected chi connectivity index (χ0v) is 11.0. The smallest absolute Gasteiger partial charge is 0.122 e. The normalized spacial score (nSPS) is 12.2. The summed E-state index contributed by atoms with van der Waals surface area (Å²) in [6, 6.07) is 13.7. The van der Waals surface area contributed by atoms with Gasteiger partial charge in [-0.2, -0.15) is 0 Å². The van der Waals surface area contributed by atoms with Crippen LogP contribution >= 0.6 is 0 Å². The van der Waals surface area contributed by atoms with Crippen LogP contribution < -0.4 is 4.74 Å². The Morgan fingerprint density at radius 2 is 1.56 bits per heavy atom. The molecule has 0 heterocycles. The zero-order valence-electron chi connectivity index (χ0n) is 11.0. The molecule has 2 heteroatoms. The average molecular weight is 242 g/mol. The van der Waals surface area contributed by atoms with Gasteiger partial charge in [0.25, 0.3) is 0 Å². The molecule has 1 atom stereocenters. The van der Waals surface area contributed by atoms with Gasteiger partial charge in [0.1, 0.15) is 11.9 Å². The summed E-state index contributed by atoms with van der Waals surface area (Å²) in [4.78, 5) is 0. The van der Waals surface area contributed by atoms with Crippen molar-refractivity contribution in [1.82, 2.24) is 0 Å². The summed E-state index contributed by atoms with van der Waals surface area (Å²) in [5.74, 6) is 0.804. The number of hydrogen-bond acceptors (Lipinski definition) is 2. The highest BCUT2D eigenvalue weighted by Gasteiger charge is 2.11. The lowest BCUT2D eigenvalue weighted by molar-refractivity contribution is 0.219. The van der Waals surface area contributed by atoms with E-state index in [4.69, 9.17) is 4.74 Å². The Balaban J connectivity index is 2.33. The first-order valence-electron chi connectivity index (χ1n) is 6.01. The van der Waals surface area contributed by atoms with Gasteiger partial charge in [0, 0.05) is 0 Å². The van der Waals surface area contributed by atoms with Crippen LogP contribution in [0.15, 0.2) is 42.5 Å². The first kappa shape index (κ1) is 12.7. The monoisotopic (exact) mass is 242 g/mol. The highest BCUT2D eigenvalue weighted by atomic mass is 16.5. The van der Waals surface area contributed by atoms with Crippen molar-refractivity contribution >= 4 is 0 Å². The minimum Gasteiger partial charge on any atom is -0.496 e. The van der Waals surface area contributed by atoms with Crippen LogP contribution in [0.2, 0.25) is 0 Å². The summed E-state index contributed by atoms with van der Waals surface area (Å²) in [7, 11) is 1.64. The molecule has 0 fully saturated rings. The van der Waals surface area contributed by atoms with Crippen molar-refractivity contribution in [3.63, 3.8) is 0 Å². The predicted octanol–water partition coefficient (Wildman–Crippen LogP) is 3.39. The van der Waals surface area contributed by atoms with Crippen molar-refractivity contribution in [1.29, 1.82) is 0 Å². The second kappa shape index (κ2) is 5.23. The van der Waals surface area contributed by atoms with Crippen LogP contribution in [-0.2, 0) is 0 Å². The van der Waals surface area contributed by atoms with Gasteiger partial charge >= 0.3 is 0 Å². The van der Waals surface area contributed by atoms with Crippen LogP contribution in [0.25, 0.3) is 0 Å². The molecule has 2 aromatic rings. The topological polar surface area (TPSA) is 29.5 Å². The molecule has 1 unspecified atom stereocenters. The van der Waals surface area contributed by atoms with Crippen molar-refractivity contribution in [3.05, 3.63) is 64.7 Å². The summed E-state index contributed by atoms with van der Waals surface area (Å²) < 4.78 is 5.28. The number of aliphatic hydroxyl groups excluding tert-OH is 1. The van der Waals surface area contributed by atoms with Gasteiger partial charge < -0.3 is 9.84 Å². The molecule has 0 amide bonds. The molecule has 2 rings (SSSR count).